The molecule has 0 aromatic heterocycles. The molecule has 2 aromatic rings. The molecule has 3 nitrogen and oxygen atoms in total. The Kier molecular flexibility index (Phi) is 6.70. The van der Waals surface area contributed by atoms with Crippen molar-refractivity contribution in [2.45, 2.75) is 25.8 Å². The maximum atomic E-state index is 6.11. The van der Waals surface area contributed by atoms with Crippen molar-refractivity contribution in [2.75, 3.05) is 13.2 Å². The number of benzene rings is 2. The van der Waals surface area contributed by atoms with Crippen LogP contribution >= 0.6 is 0 Å². The molecule has 3 heteroatoms. The fourth-order valence-electron chi connectivity index (χ4n) is 2.35. The van der Waals surface area contributed by atoms with Gasteiger partial charge in [0.1, 0.15) is 24.7 Å². The molecular formula is C20H25NO2. The van der Waals surface area contributed by atoms with E-state index in [2.05, 4.69) is 19.6 Å². The average molecular weight is 311 g/mol. The Hall–Kier alpha value is -2.26. The van der Waals surface area contributed by atoms with Crippen molar-refractivity contribution in [3.05, 3.63) is 72.3 Å². The van der Waals surface area contributed by atoms with Gasteiger partial charge < -0.3 is 15.2 Å². The summed E-state index contributed by atoms with van der Waals surface area (Å²) in [5, 5.41) is 0. The molecule has 0 radical (unpaired) electrons. The van der Waals surface area contributed by atoms with Crippen LogP contribution in [0, 0.1) is 0 Å². The second kappa shape index (κ2) is 9.01. The molecule has 1 atom stereocenters. The number of para-hydroxylation sites is 1. The molecule has 122 valence electrons. The van der Waals surface area contributed by atoms with Gasteiger partial charge in [0.05, 0.1) is 0 Å². The predicted molar refractivity (Wildman–Crippen MR) is 95.0 cm³/mol. The topological polar surface area (TPSA) is 44.5 Å². The van der Waals surface area contributed by atoms with E-state index in [1.54, 1.807) is 0 Å². The number of nitrogens with two attached hydrogens (primary N) is 1. The van der Waals surface area contributed by atoms with E-state index in [0.717, 1.165) is 35.5 Å². The van der Waals surface area contributed by atoms with E-state index in [0.29, 0.717) is 13.2 Å². The van der Waals surface area contributed by atoms with Gasteiger partial charge in [-0.15, -0.1) is 6.58 Å². The molecule has 0 fully saturated rings. The molecule has 0 heterocycles. The summed E-state index contributed by atoms with van der Waals surface area (Å²) in [5.41, 5.74) is 8.36. The largest absolute Gasteiger partial charge is 0.490 e. The van der Waals surface area contributed by atoms with Gasteiger partial charge in [-0.1, -0.05) is 43.3 Å². The van der Waals surface area contributed by atoms with E-state index in [4.69, 9.17) is 15.2 Å². The maximum Gasteiger partial charge on any atom is 0.123 e. The summed E-state index contributed by atoms with van der Waals surface area (Å²) in [6.07, 6.45) is 3.56. The van der Waals surface area contributed by atoms with Gasteiger partial charge in [0.25, 0.3) is 0 Å². The summed E-state index contributed by atoms with van der Waals surface area (Å²) < 4.78 is 11.5. The standard InChI is InChI=1S/C20H25NO2/c1-3-8-17-15-16(19(21)4-2)11-12-20(17)23-14-13-22-18-9-6-5-7-10-18/h3,5-7,9-12,15,19H,1,4,8,13-14,21H2,2H3. The number of hydrogen-bond acceptors (Lipinski definition) is 3. The summed E-state index contributed by atoms with van der Waals surface area (Å²) in [7, 11) is 0. The number of hydrogen-bond donors (Lipinski definition) is 1. The molecule has 0 saturated heterocycles. The van der Waals surface area contributed by atoms with Crippen LogP contribution in [0.2, 0.25) is 0 Å². The van der Waals surface area contributed by atoms with E-state index in [1.807, 2.05) is 48.5 Å². The first kappa shape index (κ1) is 17.1. The third-order valence-electron chi connectivity index (χ3n) is 3.67. The zero-order chi connectivity index (χ0) is 16.5. The highest BCUT2D eigenvalue weighted by Gasteiger charge is 2.08. The summed E-state index contributed by atoms with van der Waals surface area (Å²) in [5.74, 6) is 1.72. The van der Waals surface area contributed by atoms with Gasteiger partial charge in [-0.2, -0.15) is 0 Å². The molecule has 0 spiro atoms. The van der Waals surface area contributed by atoms with E-state index in [9.17, 15) is 0 Å². The minimum Gasteiger partial charge on any atom is -0.490 e. The molecule has 0 aliphatic carbocycles. The molecule has 0 amide bonds. The van der Waals surface area contributed by atoms with Gasteiger partial charge in [-0.05, 0) is 42.2 Å². The van der Waals surface area contributed by atoms with Crippen molar-refractivity contribution in [3.63, 3.8) is 0 Å². The van der Waals surface area contributed by atoms with E-state index in [-0.39, 0.29) is 6.04 Å². The molecule has 23 heavy (non-hydrogen) atoms. The van der Waals surface area contributed by atoms with Crippen molar-refractivity contribution in [3.8, 4) is 11.5 Å². The minimum absolute atomic E-state index is 0.0639. The second-order valence-electron chi connectivity index (χ2n) is 5.38. The smallest absolute Gasteiger partial charge is 0.123 e. The molecule has 2 N–H and O–H groups in total. The lowest BCUT2D eigenvalue weighted by atomic mass is 10.0. The monoisotopic (exact) mass is 311 g/mol. The van der Waals surface area contributed by atoms with Gasteiger partial charge in [-0.3, -0.25) is 0 Å². The highest BCUT2D eigenvalue weighted by atomic mass is 16.5. The van der Waals surface area contributed by atoms with Crippen molar-refractivity contribution in [2.24, 2.45) is 5.73 Å². The van der Waals surface area contributed by atoms with E-state index < -0.39 is 0 Å². The first-order valence-electron chi connectivity index (χ1n) is 8.04. The number of ether oxygens (including phenoxy) is 2. The molecule has 2 rings (SSSR count). The molecule has 0 bridgehead atoms. The Morgan fingerprint density at radius 1 is 1.09 bits per heavy atom. The molecule has 0 saturated carbocycles. The first-order valence-corrected chi connectivity index (χ1v) is 8.04. The third-order valence-corrected chi connectivity index (χ3v) is 3.67. The fourth-order valence-corrected chi connectivity index (χ4v) is 2.35. The third kappa shape index (κ3) is 5.15. The SMILES string of the molecule is C=CCc1cc(C(N)CC)ccc1OCCOc1ccccc1. The predicted octanol–water partition coefficient (Wildman–Crippen LogP) is 4.28. The van der Waals surface area contributed by atoms with Crippen LogP contribution in [0.1, 0.15) is 30.5 Å². The Balaban J connectivity index is 1.94. The van der Waals surface area contributed by atoms with E-state index in [1.165, 1.54) is 0 Å². The van der Waals surface area contributed by atoms with Gasteiger partial charge in [0.2, 0.25) is 0 Å². The second-order valence-corrected chi connectivity index (χ2v) is 5.38. The number of allylic oxidation sites excluding steroid dienone is 1. The Morgan fingerprint density at radius 2 is 1.83 bits per heavy atom. The van der Waals surface area contributed by atoms with Crippen LogP contribution in [-0.4, -0.2) is 13.2 Å². The van der Waals surface area contributed by atoms with Crippen molar-refractivity contribution >= 4 is 0 Å². The van der Waals surface area contributed by atoms with Gasteiger partial charge >= 0.3 is 0 Å². The summed E-state index contributed by atoms with van der Waals surface area (Å²) >= 11 is 0. The molecule has 1 unspecified atom stereocenters. The van der Waals surface area contributed by atoms with Crippen LogP contribution in [-0.2, 0) is 6.42 Å². The molecule has 0 aliphatic heterocycles. The van der Waals surface area contributed by atoms with Gasteiger partial charge in [0, 0.05) is 6.04 Å². The first-order chi connectivity index (χ1) is 11.2. The zero-order valence-electron chi connectivity index (χ0n) is 13.7. The van der Waals surface area contributed by atoms with Crippen molar-refractivity contribution in [1.29, 1.82) is 0 Å². The highest BCUT2D eigenvalue weighted by Crippen LogP contribution is 2.25. The van der Waals surface area contributed by atoms with Crippen LogP contribution < -0.4 is 15.2 Å². The maximum absolute atomic E-state index is 6.11. The summed E-state index contributed by atoms with van der Waals surface area (Å²) in [6, 6.07) is 15.9. The van der Waals surface area contributed by atoms with Crippen molar-refractivity contribution in [1.82, 2.24) is 0 Å². The molecule has 2 aromatic carbocycles. The van der Waals surface area contributed by atoms with Gasteiger partial charge in [0.15, 0.2) is 0 Å². The lowest BCUT2D eigenvalue weighted by Crippen LogP contribution is -2.12. The normalized spacial score (nSPS) is 11.7. The average Bonchev–Trinajstić information content (AvgIpc) is 2.60. The van der Waals surface area contributed by atoms with E-state index >= 15 is 0 Å². The van der Waals surface area contributed by atoms with Crippen molar-refractivity contribution < 1.29 is 9.47 Å². The fraction of sp³-hybridized carbons (Fsp3) is 0.300. The Labute approximate surface area is 138 Å². The summed E-state index contributed by atoms with van der Waals surface area (Å²) in [4.78, 5) is 0. The zero-order valence-corrected chi connectivity index (χ0v) is 13.7. The van der Waals surface area contributed by atoms with Crippen LogP contribution in [0.25, 0.3) is 0 Å². The van der Waals surface area contributed by atoms with Gasteiger partial charge in [-0.25, -0.2) is 0 Å². The summed E-state index contributed by atoms with van der Waals surface area (Å²) in [6.45, 7) is 6.91. The van der Waals surface area contributed by atoms with Crippen LogP contribution in [0.3, 0.4) is 0 Å². The van der Waals surface area contributed by atoms with Crippen LogP contribution in [0.15, 0.2) is 61.2 Å². The minimum atomic E-state index is 0.0639. The molecule has 0 aliphatic rings. The Morgan fingerprint density at radius 3 is 2.52 bits per heavy atom. The highest BCUT2D eigenvalue weighted by molar-refractivity contribution is 5.39. The Bertz CT molecular complexity index is 610. The lowest BCUT2D eigenvalue weighted by Gasteiger charge is -2.15. The quantitative estimate of drug-likeness (QED) is 0.555. The number of rotatable bonds is 9. The molecular weight excluding hydrogens is 286 g/mol. The lowest BCUT2D eigenvalue weighted by molar-refractivity contribution is 0.216. The van der Waals surface area contributed by atoms with Crippen LogP contribution in [0.4, 0.5) is 0 Å². The van der Waals surface area contributed by atoms with Crippen LogP contribution in [0.5, 0.6) is 11.5 Å².